The van der Waals surface area contributed by atoms with Gasteiger partial charge in [-0.15, -0.1) is 0 Å². The molecule has 5 heteroatoms. The Labute approximate surface area is 107 Å². The van der Waals surface area contributed by atoms with Crippen LogP contribution >= 0.6 is 15.9 Å². The van der Waals surface area contributed by atoms with Crippen LogP contribution in [0.25, 0.3) is 5.69 Å². The maximum absolute atomic E-state index is 10.6. The van der Waals surface area contributed by atoms with Gasteiger partial charge in [0, 0.05) is 10.2 Å². The van der Waals surface area contributed by atoms with Crippen molar-refractivity contribution in [3.63, 3.8) is 0 Å². The SMILES string of the molecule is Cc1cc(CC(=O)O)nn1-c1ccc(Br)cc1. The number of nitrogens with zero attached hydrogens (tertiary/aromatic N) is 2. The molecule has 0 fully saturated rings. The highest BCUT2D eigenvalue weighted by Crippen LogP contribution is 2.16. The number of aromatic nitrogens is 2. The van der Waals surface area contributed by atoms with Crippen molar-refractivity contribution in [1.29, 1.82) is 0 Å². The van der Waals surface area contributed by atoms with Gasteiger partial charge >= 0.3 is 5.97 Å². The van der Waals surface area contributed by atoms with Crippen molar-refractivity contribution in [3.8, 4) is 5.69 Å². The van der Waals surface area contributed by atoms with Crippen LogP contribution in [0.15, 0.2) is 34.8 Å². The Morgan fingerprint density at radius 2 is 2.06 bits per heavy atom. The van der Waals surface area contributed by atoms with Gasteiger partial charge in [-0.05, 0) is 37.3 Å². The van der Waals surface area contributed by atoms with Crippen LogP contribution in [0.2, 0.25) is 0 Å². The molecule has 2 aromatic rings. The normalized spacial score (nSPS) is 10.5. The Kier molecular flexibility index (Phi) is 3.28. The van der Waals surface area contributed by atoms with Crippen LogP contribution < -0.4 is 0 Å². The third-order valence-corrected chi connectivity index (χ3v) is 2.87. The number of aliphatic carboxylic acids is 1. The molecule has 88 valence electrons. The zero-order chi connectivity index (χ0) is 12.4. The molecule has 0 bridgehead atoms. The van der Waals surface area contributed by atoms with Gasteiger partial charge in [0.2, 0.25) is 0 Å². The summed E-state index contributed by atoms with van der Waals surface area (Å²) in [4.78, 5) is 10.6. The smallest absolute Gasteiger partial charge is 0.309 e. The first-order valence-corrected chi connectivity index (χ1v) is 5.89. The fourth-order valence-electron chi connectivity index (χ4n) is 1.62. The van der Waals surface area contributed by atoms with Crippen LogP contribution in [0.5, 0.6) is 0 Å². The average Bonchev–Trinajstić information content (AvgIpc) is 2.59. The molecule has 0 atom stereocenters. The van der Waals surface area contributed by atoms with Crippen molar-refractivity contribution in [2.45, 2.75) is 13.3 Å². The molecule has 0 radical (unpaired) electrons. The van der Waals surface area contributed by atoms with Crippen molar-refractivity contribution in [2.24, 2.45) is 0 Å². The molecule has 0 aliphatic carbocycles. The number of aryl methyl sites for hydroxylation is 1. The van der Waals surface area contributed by atoms with E-state index in [1.54, 1.807) is 10.7 Å². The number of carbonyl (C=O) groups is 1. The predicted octanol–water partition coefficient (Wildman–Crippen LogP) is 2.57. The molecular formula is C12H11BrN2O2. The van der Waals surface area contributed by atoms with Crippen LogP contribution in [0.3, 0.4) is 0 Å². The molecule has 0 aliphatic rings. The second-order valence-corrected chi connectivity index (χ2v) is 4.65. The van der Waals surface area contributed by atoms with Crippen LogP contribution in [-0.4, -0.2) is 20.9 Å². The first kappa shape index (κ1) is 11.9. The lowest BCUT2D eigenvalue weighted by molar-refractivity contribution is -0.136. The molecule has 1 aromatic carbocycles. The average molecular weight is 295 g/mol. The standard InChI is InChI=1S/C12H11BrN2O2/c1-8-6-10(7-12(16)17)14-15(8)11-4-2-9(13)3-5-11/h2-6H,7H2,1H3,(H,16,17). The second-order valence-electron chi connectivity index (χ2n) is 3.74. The van der Waals surface area contributed by atoms with Gasteiger partial charge in [0.05, 0.1) is 17.8 Å². The number of halogens is 1. The fourth-order valence-corrected chi connectivity index (χ4v) is 1.89. The van der Waals surface area contributed by atoms with E-state index in [2.05, 4.69) is 21.0 Å². The molecule has 0 spiro atoms. The molecule has 1 aromatic heterocycles. The van der Waals surface area contributed by atoms with E-state index in [1.807, 2.05) is 31.2 Å². The summed E-state index contributed by atoms with van der Waals surface area (Å²) in [5.74, 6) is -0.870. The summed E-state index contributed by atoms with van der Waals surface area (Å²) >= 11 is 3.37. The van der Waals surface area contributed by atoms with Crippen LogP contribution in [0.4, 0.5) is 0 Å². The highest BCUT2D eigenvalue weighted by atomic mass is 79.9. The topological polar surface area (TPSA) is 55.1 Å². The Hall–Kier alpha value is -1.62. The predicted molar refractivity (Wildman–Crippen MR) is 67.3 cm³/mol. The van der Waals surface area contributed by atoms with Crippen molar-refractivity contribution < 1.29 is 9.90 Å². The van der Waals surface area contributed by atoms with Crippen molar-refractivity contribution >= 4 is 21.9 Å². The minimum atomic E-state index is -0.870. The van der Waals surface area contributed by atoms with Crippen LogP contribution in [0, 0.1) is 6.92 Å². The highest BCUT2D eigenvalue weighted by molar-refractivity contribution is 9.10. The first-order valence-electron chi connectivity index (χ1n) is 5.09. The lowest BCUT2D eigenvalue weighted by Crippen LogP contribution is -2.03. The molecule has 0 aliphatic heterocycles. The highest BCUT2D eigenvalue weighted by Gasteiger charge is 2.08. The molecule has 4 nitrogen and oxygen atoms in total. The van der Waals surface area contributed by atoms with Gasteiger partial charge in [-0.2, -0.15) is 5.10 Å². The van der Waals surface area contributed by atoms with Gasteiger partial charge in [-0.25, -0.2) is 4.68 Å². The molecular weight excluding hydrogens is 284 g/mol. The van der Waals surface area contributed by atoms with E-state index in [-0.39, 0.29) is 6.42 Å². The monoisotopic (exact) mass is 294 g/mol. The van der Waals surface area contributed by atoms with Crippen molar-refractivity contribution in [3.05, 3.63) is 46.2 Å². The number of carboxylic acid groups (broad SMARTS) is 1. The maximum Gasteiger partial charge on any atom is 0.309 e. The van der Waals surface area contributed by atoms with Crippen molar-refractivity contribution in [1.82, 2.24) is 9.78 Å². The molecule has 0 unspecified atom stereocenters. The Morgan fingerprint density at radius 3 is 2.65 bits per heavy atom. The van der Waals surface area contributed by atoms with E-state index < -0.39 is 5.97 Å². The summed E-state index contributed by atoms with van der Waals surface area (Å²) in [6.45, 7) is 1.90. The summed E-state index contributed by atoms with van der Waals surface area (Å²) in [5, 5.41) is 13.0. The third kappa shape index (κ3) is 2.74. The Bertz CT molecular complexity index is 546. The van der Waals surface area contributed by atoms with Crippen molar-refractivity contribution in [2.75, 3.05) is 0 Å². The van der Waals surface area contributed by atoms with Gasteiger partial charge in [-0.3, -0.25) is 4.79 Å². The molecule has 1 N–H and O–H groups in total. The lowest BCUT2D eigenvalue weighted by Gasteiger charge is -2.03. The van der Waals surface area contributed by atoms with E-state index in [1.165, 1.54) is 0 Å². The fraction of sp³-hybridized carbons (Fsp3) is 0.167. The number of carboxylic acids is 1. The molecule has 1 heterocycles. The zero-order valence-corrected chi connectivity index (χ0v) is 10.8. The van der Waals surface area contributed by atoms with Crippen LogP contribution in [0.1, 0.15) is 11.4 Å². The van der Waals surface area contributed by atoms with Gasteiger partial charge in [-0.1, -0.05) is 15.9 Å². The number of hydrogen-bond acceptors (Lipinski definition) is 2. The quantitative estimate of drug-likeness (QED) is 0.947. The second kappa shape index (κ2) is 4.71. The molecule has 2 rings (SSSR count). The minimum Gasteiger partial charge on any atom is -0.481 e. The van der Waals surface area contributed by atoms with Gasteiger partial charge in [0.1, 0.15) is 0 Å². The number of benzene rings is 1. The summed E-state index contributed by atoms with van der Waals surface area (Å²) < 4.78 is 2.74. The Morgan fingerprint density at radius 1 is 1.41 bits per heavy atom. The summed E-state index contributed by atoms with van der Waals surface area (Å²) in [7, 11) is 0. The third-order valence-electron chi connectivity index (χ3n) is 2.34. The molecule has 0 saturated carbocycles. The summed E-state index contributed by atoms with van der Waals surface area (Å²) in [5.41, 5.74) is 2.41. The van der Waals surface area contributed by atoms with E-state index in [4.69, 9.17) is 5.11 Å². The van der Waals surface area contributed by atoms with E-state index in [0.29, 0.717) is 5.69 Å². The lowest BCUT2D eigenvalue weighted by atomic mass is 10.3. The summed E-state index contributed by atoms with van der Waals surface area (Å²) in [6.07, 6.45) is -0.0512. The minimum absolute atomic E-state index is 0.0512. The van der Waals surface area contributed by atoms with Gasteiger partial charge < -0.3 is 5.11 Å². The van der Waals surface area contributed by atoms with E-state index in [9.17, 15) is 4.79 Å². The first-order chi connectivity index (χ1) is 8.06. The van der Waals surface area contributed by atoms with Crippen LogP contribution in [-0.2, 0) is 11.2 Å². The van der Waals surface area contributed by atoms with Gasteiger partial charge in [0.25, 0.3) is 0 Å². The molecule has 0 saturated heterocycles. The molecule has 17 heavy (non-hydrogen) atoms. The Balaban J connectivity index is 2.35. The number of hydrogen-bond donors (Lipinski definition) is 1. The zero-order valence-electron chi connectivity index (χ0n) is 9.22. The maximum atomic E-state index is 10.6. The summed E-state index contributed by atoms with van der Waals surface area (Å²) in [6, 6.07) is 9.49. The van der Waals surface area contributed by atoms with E-state index in [0.717, 1.165) is 15.9 Å². The van der Waals surface area contributed by atoms with Gasteiger partial charge in [0.15, 0.2) is 0 Å². The largest absolute Gasteiger partial charge is 0.481 e. The molecule has 0 amide bonds. The van der Waals surface area contributed by atoms with E-state index >= 15 is 0 Å². The number of rotatable bonds is 3.